The summed E-state index contributed by atoms with van der Waals surface area (Å²) in [6.45, 7) is 0.768. The Hall–Kier alpha value is -2.82. The molecule has 4 rings (SSSR count). The molecule has 0 unspecified atom stereocenters. The van der Waals surface area contributed by atoms with Gasteiger partial charge in [0.25, 0.3) is 0 Å². The number of hydrogen-bond donors (Lipinski definition) is 2. The third-order valence-corrected chi connectivity index (χ3v) is 4.94. The van der Waals surface area contributed by atoms with E-state index in [1.165, 1.54) is 23.1 Å². The maximum atomic E-state index is 12.5. The fourth-order valence-corrected chi connectivity index (χ4v) is 3.67. The first-order valence-electron chi connectivity index (χ1n) is 8.78. The van der Waals surface area contributed by atoms with E-state index in [0.717, 1.165) is 30.6 Å². The minimum Gasteiger partial charge on any atom is -0.370 e. The number of para-hydroxylation sites is 1. The van der Waals surface area contributed by atoms with Gasteiger partial charge in [0, 0.05) is 17.9 Å². The number of hydrogen-bond acceptors (Lipinski definition) is 2. The Kier molecular flexibility index (Phi) is 4.14. The quantitative estimate of drug-likeness (QED) is 0.669. The van der Waals surface area contributed by atoms with E-state index >= 15 is 0 Å². The monoisotopic (exact) mass is 334 g/mol. The lowest BCUT2D eigenvalue weighted by molar-refractivity contribution is -0.117. The molecule has 2 aromatic rings. The van der Waals surface area contributed by atoms with Gasteiger partial charge in [-0.05, 0) is 60.6 Å². The number of carbonyl (C=O) groups excluding carboxylic acids is 1. The summed E-state index contributed by atoms with van der Waals surface area (Å²) in [7, 11) is 0. The van der Waals surface area contributed by atoms with E-state index in [0.29, 0.717) is 6.54 Å². The van der Waals surface area contributed by atoms with E-state index in [1.54, 1.807) is 4.90 Å². The van der Waals surface area contributed by atoms with E-state index in [9.17, 15) is 4.79 Å². The Morgan fingerprint density at radius 1 is 1.08 bits per heavy atom. The van der Waals surface area contributed by atoms with E-state index < -0.39 is 0 Å². The van der Waals surface area contributed by atoms with Crippen molar-refractivity contribution in [3.8, 4) is 0 Å². The van der Waals surface area contributed by atoms with Gasteiger partial charge in [0.15, 0.2) is 5.96 Å². The minimum atomic E-state index is -0.0244. The Morgan fingerprint density at radius 2 is 1.92 bits per heavy atom. The molecule has 0 aromatic heterocycles. The number of nitrogens with two attached hydrogens (primary N) is 1. The minimum absolute atomic E-state index is 0.0244. The number of nitrogens with zero attached hydrogens (tertiary/aromatic N) is 2. The van der Waals surface area contributed by atoms with E-state index in [-0.39, 0.29) is 18.4 Å². The molecule has 128 valence electrons. The van der Waals surface area contributed by atoms with E-state index in [4.69, 9.17) is 5.73 Å². The van der Waals surface area contributed by atoms with Gasteiger partial charge in [0.1, 0.15) is 6.54 Å². The Bertz CT molecular complexity index is 843. The third-order valence-electron chi connectivity index (χ3n) is 4.94. The van der Waals surface area contributed by atoms with E-state index in [1.807, 2.05) is 24.3 Å². The van der Waals surface area contributed by atoms with Gasteiger partial charge >= 0.3 is 0 Å². The molecule has 1 heterocycles. The van der Waals surface area contributed by atoms with Gasteiger partial charge in [0.05, 0.1) is 0 Å². The average molecular weight is 334 g/mol. The van der Waals surface area contributed by atoms with Gasteiger partial charge in [-0.2, -0.15) is 0 Å². The lowest BCUT2D eigenvalue weighted by Gasteiger charge is -2.16. The van der Waals surface area contributed by atoms with Crippen molar-refractivity contribution in [3.63, 3.8) is 0 Å². The molecule has 0 atom stereocenters. The summed E-state index contributed by atoms with van der Waals surface area (Å²) in [4.78, 5) is 18.5. The molecule has 0 radical (unpaired) electrons. The van der Waals surface area contributed by atoms with Crippen molar-refractivity contribution in [1.82, 2.24) is 0 Å². The summed E-state index contributed by atoms with van der Waals surface area (Å²) < 4.78 is 0. The summed E-state index contributed by atoms with van der Waals surface area (Å²) >= 11 is 0. The molecule has 0 fully saturated rings. The van der Waals surface area contributed by atoms with Crippen molar-refractivity contribution in [1.29, 1.82) is 0 Å². The van der Waals surface area contributed by atoms with Crippen LogP contribution in [0.15, 0.2) is 47.5 Å². The van der Waals surface area contributed by atoms with Crippen LogP contribution >= 0.6 is 0 Å². The summed E-state index contributed by atoms with van der Waals surface area (Å²) in [5, 5.41) is 3.09. The normalized spacial score (nSPS) is 15.8. The molecular formula is C20H22N4O. The second kappa shape index (κ2) is 6.59. The van der Waals surface area contributed by atoms with Crippen LogP contribution in [0.5, 0.6) is 0 Å². The van der Waals surface area contributed by atoms with Crippen LogP contribution in [-0.2, 0) is 24.1 Å². The maximum absolute atomic E-state index is 12.5. The van der Waals surface area contributed by atoms with Crippen molar-refractivity contribution < 1.29 is 4.79 Å². The van der Waals surface area contributed by atoms with Gasteiger partial charge < -0.3 is 16.0 Å². The Morgan fingerprint density at radius 3 is 2.84 bits per heavy atom. The number of amides is 1. The number of aryl methyl sites for hydroxylation is 2. The fraction of sp³-hybridized carbons (Fsp3) is 0.300. The van der Waals surface area contributed by atoms with Crippen LogP contribution in [0.25, 0.3) is 0 Å². The maximum Gasteiger partial charge on any atom is 0.248 e. The number of nitrogens with one attached hydrogen (secondary N) is 1. The van der Waals surface area contributed by atoms with Gasteiger partial charge in [-0.3, -0.25) is 4.79 Å². The highest BCUT2D eigenvalue weighted by Crippen LogP contribution is 2.27. The highest BCUT2D eigenvalue weighted by atomic mass is 16.2. The molecular weight excluding hydrogens is 312 g/mol. The SMILES string of the molecule is NC(=NCC(=O)N1CCc2ccccc21)Nc1ccc2c(c1)CCC2. The van der Waals surface area contributed by atoms with Gasteiger partial charge in [-0.15, -0.1) is 0 Å². The smallest absolute Gasteiger partial charge is 0.248 e. The number of aliphatic imine (C=N–C) groups is 1. The predicted octanol–water partition coefficient (Wildman–Crippen LogP) is 2.49. The van der Waals surface area contributed by atoms with Crippen LogP contribution in [-0.4, -0.2) is 25.0 Å². The van der Waals surface area contributed by atoms with Crippen molar-refractivity contribution in [2.45, 2.75) is 25.7 Å². The summed E-state index contributed by atoms with van der Waals surface area (Å²) in [6, 6.07) is 14.3. The van der Waals surface area contributed by atoms with Crippen LogP contribution in [0.3, 0.4) is 0 Å². The molecule has 2 aromatic carbocycles. The fourth-order valence-electron chi connectivity index (χ4n) is 3.67. The molecule has 2 aliphatic rings. The zero-order valence-corrected chi connectivity index (χ0v) is 14.2. The molecule has 5 heteroatoms. The molecule has 0 saturated heterocycles. The molecule has 1 amide bonds. The second-order valence-electron chi connectivity index (χ2n) is 6.59. The number of benzene rings is 2. The largest absolute Gasteiger partial charge is 0.370 e. The van der Waals surface area contributed by atoms with Crippen molar-refractivity contribution in [2.75, 3.05) is 23.3 Å². The van der Waals surface area contributed by atoms with Crippen molar-refractivity contribution >= 4 is 23.2 Å². The molecule has 25 heavy (non-hydrogen) atoms. The third kappa shape index (κ3) is 3.22. The molecule has 3 N–H and O–H groups in total. The topological polar surface area (TPSA) is 70.7 Å². The highest BCUT2D eigenvalue weighted by Gasteiger charge is 2.23. The number of guanidine groups is 1. The zero-order chi connectivity index (χ0) is 17.2. The average Bonchev–Trinajstić information content (AvgIpc) is 3.26. The number of fused-ring (bicyclic) bond motifs is 2. The van der Waals surface area contributed by atoms with Crippen LogP contribution in [0.2, 0.25) is 0 Å². The van der Waals surface area contributed by atoms with Crippen LogP contribution < -0.4 is 16.0 Å². The number of rotatable bonds is 3. The van der Waals surface area contributed by atoms with Gasteiger partial charge in [-0.25, -0.2) is 4.99 Å². The highest BCUT2D eigenvalue weighted by molar-refractivity contribution is 5.99. The predicted molar refractivity (Wildman–Crippen MR) is 101 cm³/mol. The summed E-state index contributed by atoms with van der Waals surface area (Å²) in [5.74, 6) is 0.252. The molecule has 0 spiro atoms. The van der Waals surface area contributed by atoms with Gasteiger partial charge in [-0.1, -0.05) is 24.3 Å². The molecule has 1 aliphatic carbocycles. The zero-order valence-electron chi connectivity index (χ0n) is 14.2. The number of anilines is 2. The van der Waals surface area contributed by atoms with Gasteiger partial charge in [0.2, 0.25) is 5.91 Å². The lowest BCUT2D eigenvalue weighted by atomic mass is 10.1. The summed E-state index contributed by atoms with van der Waals surface area (Å²) in [6.07, 6.45) is 4.39. The van der Waals surface area contributed by atoms with E-state index in [2.05, 4.69) is 28.5 Å². The van der Waals surface area contributed by atoms with Crippen LogP contribution in [0, 0.1) is 0 Å². The number of carbonyl (C=O) groups is 1. The Labute approximate surface area is 147 Å². The summed E-state index contributed by atoms with van der Waals surface area (Å²) in [5.41, 5.74) is 11.9. The molecule has 5 nitrogen and oxygen atoms in total. The Balaban J connectivity index is 1.39. The second-order valence-corrected chi connectivity index (χ2v) is 6.59. The first-order chi connectivity index (χ1) is 12.2. The van der Waals surface area contributed by atoms with Crippen LogP contribution in [0.1, 0.15) is 23.1 Å². The van der Waals surface area contributed by atoms with Crippen molar-refractivity contribution in [3.05, 3.63) is 59.2 Å². The lowest BCUT2D eigenvalue weighted by Crippen LogP contribution is -2.32. The molecule has 0 bridgehead atoms. The molecule has 0 saturated carbocycles. The molecule has 1 aliphatic heterocycles. The first-order valence-corrected chi connectivity index (χ1v) is 8.78. The van der Waals surface area contributed by atoms with Crippen molar-refractivity contribution in [2.24, 2.45) is 10.7 Å². The standard InChI is InChI=1S/C20H22N4O/c21-20(23-17-9-8-14-5-3-6-16(14)12-17)22-13-19(25)24-11-10-15-4-1-2-7-18(15)24/h1-2,4,7-9,12H,3,5-6,10-11,13H2,(H3,21,22,23). The first kappa shape index (κ1) is 15.7. The van der Waals surface area contributed by atoms with Crippen LogP contribution in [0.4, 0.5) is 11.4 Å².